The summed E-state index contributed by atoms with van der Waals surface area (Å²) in [6.45, 7) is 9.00. The van der Waals surface area contributed by atoms with Crippen LogP contribution in [0.15, 0.2) is 0 Å². The van der Waals surface area contributed by atoms with Crippen molar-refractivity contribution in [2.75, 3.05) is 0 Å². The molecule has 0 aliphatic rings. The molecule has 0 heterocycles. The first-order chi connectivity index (χ1) is 4.83. The van der Waals surface area contributed by atoms with Crippen LogP contribution in [0, 0.1) is 0 Å². The van der Waals surface area contributed by atoms with Gasteiger partial charge in [-0.3, -0.25) is 0 Å². The van der Waals surface area contributed by atoms with E-state index in [2.05, 4.69) is 27.7 Å². The first kappa shape index (κ1) is 23.5. The maximum atomic E-state index is 2.25. The molecule has 0 atom stereocenters. The van der Waals surface area contributed by atoms with E-state index in [0.717, 1.165) is 30.4 Å². The Kier molecular flexibility index (Phi) is 57.3. The van der Waals surface area contributed by atoms with Crippen LogP contribution in [0.5, 0.6) is 0 Å². The van der Waals surface area contributed by atoms with Crippen molar-refractivity contribution in [3.8, 4) is 0 Å². The fourth-order valence-electron chi connectivity index (χ4n) is 0.577. The van der Waals surface area contributed by atoms with Gasteiger partial charge in [-0.15, -0.1) is 0 Å². The molecule has 0 aromatic carbocycles. The monoisotopic (exact) mass is 240 g/mol. The van der Waals surface area contributed by atoms with Crippen LogP contribution in [0.3, 0.4) is 0 Å². The van der Waals surface area contributed by atoms with Crippen molar-refractivity contribution in [1.82, 2.24) is 0 Å². The number of hydrogen-bond donors (Lipinski definition) is 0. The molecule has 0 radical (unpaired) electrons. The van der Waals surface area contributed by atoms with Gasteiger partial charge in [-0.25, -0.2) is 0 Å². The Bertz CT molecular complexity index is 36.0. The molecule has 0 aromatic heterocycles. The zero-order valence-corrected chi connectivity index (χ0v) is 12.6. The van der Waals surface area contributed by atoms with Gasteiger partial charge in [0.05, 0.1) is 0 Å². The zero-order valence-electron chi connectivity index (χ0n) is 8.74. The van der Waals surface area contributed by atoms with Crippen molar-refractivity contribution in [2.45, 2.75) is 48.8 Å². The minimum atomic E-state index is 0. The maximum absolute atomic E-state index is 2.25. The van der Waals surface area contributed by atoms with Crippen LogP contribution in [-0.4, -0.2) is 30.4 Å². The summed E-state index contributed by atoms with van der Waals surface area (Å²) < 4.78 is 0. The molecular formula is C8H20Al2Cl2. The van der Waals surface area contributed by atoms with E-state index in [9.17, 15) is 0 Å². The largest absolute Gasteiger partial charge is 1.00 e. The first-order valence-electron chi connectivity index (χ1n) is 4.46. The van der Waals surface area contributed by atoms with Crippen molar-refractivity contribution in [3.63, 3.8) is 0 Å². The first-order valence-corrected chi connectivity index (χ1v) is 7.73. The molecule has 0 aliphatic carbocycles. The summed E-state index contributed by atoms with van der Waals surface area (Å²) in [5, 5.41) is 5.71. The van der Waals surface area contributed by atoms with Crippen molar-refractivity contribution in [2.24, 2.45) is 0 Å². The van der Waals surface area contributed by atoms with Crippen LogP contribution in [0.25, 0.3) is 0 Å². The van der Waals surface area contributed by atoms with Gasteiger partial charge in [0.15, 0.2) is 0 Å². The van der Waals surface area contributed by atoms with Crippen molar-refractivity contribution in [3.05, 3.63) is 0 Å². The molecule has 0 aliphatic heterocycles. The van der Waals surface area contributed by atoms with Gasteiger partial charge in [0, 0.05) is 0 Å². The number of rotatable bonds is 4. The normalized spacial score (nSPS) is 5.67. The number of hydrogen-bond acceptors (Lipinski definition) is 0. The van der Waals surface area contributed by atoms with Gasteiger partial charge in [0.1, 0.15) is 0 Å². The third-order valence-electron chi connectivity index (χ3n) is 1.15. The predicted molar refractivity (Wildman–Crippen MR) is 53.4 cm³/mol. The molecule has 0 saturated carbocycles. The molecule has 0 amide bonds. The predicted octanol–water partition coefficient (Wildman–Crippen LogP) is -2.86. The van der Waals surface area contributed by atoms with Crippen LogP contribution >= 0.6 is 0 Å². The summed E-state index contributed by atoms with van der Waals surface area (Å²) in [6.07, 6.45) is 0. The van der Waals surface area contributed by atoms with Gasteiger partial charge < -0.3 is 24.8 Å². The smallest absolute Gasteiger partial charge is 1.00 e. The van der Waals surface area contributed by atoms with Crippen LogP contribution in [-0.2, 0) is 0 Å². The van der Waals surface area contributed by atoms with Gasteiger partial charge in [-0.2, -0.15) is 0 Å². The molecule has 0 unspecified atom stereocenters. The molecular weight excluding hydrogens is 221 g/mol. The minimum absolute atomic E-state index is 0. The minimum Gasteiger partial charge on any atom is -1.00 e. The van der Waals surface area contributed by atoms with Crippen molar-refractivity contribution < 1.29 is 24.8 Å². The third-order valence-corrected chi connectivity index (χ3v) is 3.46. The average molecular weight is 241 g/mol. The Balaban J connectivity index is -0.0000000457. The van der Waals surface area contributed by atoms with E-state index < -0.39 is 0 Å². The quantitative estimate of drug-likeness (QED) is 0.465. The summed E-state index contributed by atoms with van der Waals surface area (Å²) in [5.74, 6) is 0. The third kappa shape index (κ3) is 41.4. The summed E-state index contributed by atoms with van der Waals surface area (Å²) in [7, 11) is 0. The van der Waals surface area contributed by atoms with Crippen LogP contribution in [0.2, 0.25) is 21.1 Å². The molecule has 0 nitrogen and oxygen atoms in total. The van der Waals surface area contributed by atoms with E-state index in [1.165, 1.54) is 21.1 Å². The average Bonchev–Trinajstić information content (AvgIpc) is 1.93. The molecule has 0 N–H and O–H groups in total. The fourth-order valence-corrected chi connectivity index (χ4v) is 1.73. The molecule has 72 valence electrons. The fraction of sp³-hybridized carbons (Fsp3) is 1.00. The van der Waals surface area contributed by atoms with Crippen molar-refractivity contribution in [1.29, 1.82) is 0 Å². The van der Waals surface area contributed by atoms with E-state index >= 15 is 0 Å². The SMILES string of the molecule is C[CH2][Al+][CH2]C.C[CH2][Al+][CH2]C.[Cl-].[Cl-]. The molecule has 12 heavy (non-hydrogen) atoms. The van der Waals surface area contributed by atoms with Crippen LogP contribution in [0.1, 0.15) is 27.7 Å². The van der Waals surface area contributed by atoms with Gasteiger partial charge in [0.25, 0.3) is 0 Å². The molecule has 0 saturated heterocycles. The maximum Gasteiger partial charge on any atom is -1.00 e. The van der Waals surface area contributed by atoms with Gasteiger partial charge in [-0.1, -0.05) is 0 Å². The van der Waals surface area contributed by atoms with E-state index in [1.807, 2.05) is 0 Å². The molecule has 4 heteroatoms. The van der Waals surface area contributed by atoms with E-state index in [0.29, 0.717) is 0 Å². The van der Waals surface area contributed by atoms with E-state index in [4.69, 9.17) is 0 Å². The van der Waals surface area contributed by atoms with Gasteiger partial charge in [-0.05, 0) is 0 Å². The van der Waals surface area contributed by atoms with Crippen LogP contribution < -0.4 is 24.8 Å². The molecule has 0 aromatic rings. The summed E-state index contributed by atoms with van der Waals surface area (Å²) in [5.41, 5.74) is 0. The van der Waals surface area contributed by atoms with Gasteiger partial charge >= 0.3 is 79.3 Å². The zero-order chi connectivity index (χ0) is 8.24. The Morgan fingerprint density at radius 1 is 0.583 bits per heavy atom. The molecule has 0 spiro atoms. The molecule has 0 bridgehead atoms. The Hall–Kier alpha value is 1.64. The Morgan fingerprint density at radius 3 is 0.750 bits per heavy atom. The standard InChI is InChI=1S/4C2H5.2Al.2ClH/c4*1-2;;;;/h4*1H2,2H3;;;2*1H/q;;;;2*+1;;/p-2. The molecule has 0 rings (SSSR count). The Labute approximate surface area is 104 Å². The summed E-state index contributed by atoms with van der Waals surface area (Å²) in [4.78, 5) is 0. The van der Waals surface area contributed by atoms with E-state index in [1.54, 1.807) is 0 Å². The van der Waals surface area contributed by atoms with Crippen LogP contribution in [0.4, 0.5) is 0 Å². The molecule has 0 fully saturated rings. The van der Waals surface area contributed by atoms with Gasteiger partial charge in [0.2, 0.25) is 0 Å². The second-order valence-electron chi connectivity index (χ2n) is 2.21. The second kappa shape index (κ2) is 29.3. The Morgan fingerprint density at radius 2 is 0.750 bits per heavy atom. The summed E-state index contributed by atoms with van der Waals surface area (Å²) >= 11 is 1.63. The van der Waals surface area contributed by atoms with Crippen molar-refractivity contribution >= 4 is 30.4 Å². The summed E-state index contributed by atoms with van der Waals surface area (Å²) in [6, 6.07) is 0. The second-order valence-corrected chi connectivity index (χ2v) is 6.63. The van der Waals surface area contributed by atoms with E-state index in [-0.39, 0.29) is 24.8 Å². The number of halogens is 2. The topological polar surface area (TPSA) is 0 Å².